The summed E-state index contributed by atoms with van der Waals surface area (Å²) in [6.07, 6.45) is 1.60. The molecule has 0 aliphatic carbocycles. The van der Waals surface area contributed by atoms with Crippen LogP contribution in [0.4, 0.5) is 0 Å². The van der Waals surface area contributed by atoms with E-state index in [1.807, 2.05) is 13.8 Å². The average molecular weight is 332 g/mol. The van der Waals surface area contributed by atoms with Gasteiger partial charge in [-0.1, -0.05) is 19.0 Å². The Morgan fingerprint density at radius 3 is 2.92 bits per heavy atom. The van der Waals surface area contributed by atoms with Crippen LogP contribution in [0.2, 0.25) is 0 Å². The van der Waals surface area contributed by atoms with Gasteiger partial charge in [-0.05, 0) is 12.1 Å². The summed E-state index contributed by atoms with van der Waals surface area (Å²) in [4.78, 5) is 26.6. The lowest BCUT2D eigenvalue weighted by Crippen LogP contribution is -2.49. The van der Waals surface area contributed by atoms with Crippen molar-refractivity contribution in [2.45, 2.75) is 32.2 Å². The Balaban J connectivity index is 1.73. The van der Waals surface area contributed by atoms with Crippen molar-refractivity contribution in [3.8, 4) is 0 Å². The van der Waals surface area contributed by atoms with Crippen LogP contribution in [0.5, 0.6) is 0 Å². The standard InChI is InChI=1S/C17H20N2O5/c1-11(2)16-9-13(18-24-16)17(21)19-5-7-22-10-12(19)8-14(20)15-4-3-6-23-15/h3-4,6,9,11-12H,5,7-8,10H2,1-2H3/t12-/m1/s1. The van der Waals surface area contributed by atoms with E-state index in [4.69, 9.17) is 13.7 Å². The van der Waals surface area contributed by atoms with Crippen LogP contribution >= 0.6 is 0 Å². The Bertz CT molecular complexity index is 704. The first-order chi connectivity index (χ1) is 11.6. The number of ether oxygens (including phenoxy) is 1. The summed E-state index contributed by atoms with van der Waals surface area (Å²) in [6.45, 7) is 5.10. The molecule has 7 heteroatoms. The van der Waals surface area contributed by atoms with E-state index in [9.17, 15) is 9.59 Å². The second kappa shape index (κ2) is 7.00. The molecule has 1 fully saturated rings. The number of furan rings is 1. The average Bonchev–Trinajstić information content (AvgIpc) is 3.26. The molecule has 0 N–H and O–H groups in total. The number of morpholine rings is 1. The number of nitrogens with zero attached hydrogens (tertiary/aromatic N) is 2. The molecule has 1 saturated heterocycles. The smallest absolute Gasteiger partial charge is 0.276 e. The number of hydrogen-bond acceptors (Lipinski definition) is 6. The minimum absolute atomic E-state index is 0.147. The third kappa shape index (κ3) is 3.41. The first-order valence-electron chi connectivity index (χ1n) is 7.98. The van der Waals surface area contributed by atoms with E-state index in [0.717, 1.165) is 0 Å². The highest BCUT2D eigenvalue weighted by Gasteiger charge is 2.32. The fourth-order valence-electron chi connectivity index (χ4n) is 2.65. The molecule has 1 aliphatic heterocycles. The van der Waals surface area contributed by atoms with Crippen molar-refractivity contribution in [3.05, 3.63) is 41.7 Å². The number of carbonyl (C=O) groups is 2. The van der Waals surface area contributed by atoms with Gasteiger partial charge >= 0.3 is 0 Å². The van der Waals surface area contributed by atoms with Gasteiger partial charge in [-0.2, -0.15) is 0 Å². The van der Waals surface area contributed by atoms with Gasteiger partial charge in [0, 0.05) is 24.9 Å². The Hall–Kier alpha value is -2.41. The Morgan fingerprint density at radius 2 is 2.25 bits per heavy atom. The number of carbonyl (C=O) groups excluding carboxylic acids is 2. The summed E-state index contributed by atoms with van der Waals surface area (Å²) >= 11 is 0. The van der Waals surface area contributed by atoms with Gasteiger partial charge in [-0.25, -0.2) is 0 Å². The van der Waals surface area contributed by atoms with Gasteiger partial charge in [0.25, 0.3) is 5.91 Å². The molecule has 0 radical (unpaired) electrons. The molecule has 2 aromatic heterocycles. The first kappa shape index (κ1) is 16.4. The van der Waals surface area contributed by atoms with Crippen LogP contribution < -0.4 is 0 Å². The third-order valence-corrected chi connectivity index (χ3v) is 4.02. The second-order valence-corrected chi connectivity index (χ2v) is 6.10. The predicted octanol–water partition coefficient (Wildman–Crippen LogP) is 2.51. The predicted molar refractivity (Wildman–Crippen MR) is 83.9 cm³/mol. The van der Waals surface area contributed by atoms with Gasteiger partial charge in [0.1, 0.15) is 5.76 Å². The van der Waals surface area contributed by atoms with Crippen molar-refractivity contribution in [1.29, 1.82) is 0 Å². The fourth-order valence-corrected chi connectivity index (χ4v) is 2.65. The third-order valence-electron chi connectivity index (χ3n) is 4.02. The van der Waals surface area contributed by atoms with Gasteiger partial charge in [0.2, 0.25) is 0 Å². The molecule has 24 heavy (non-hydrogen) atoms. The van der Waals surface area contributed by atoms with Crippen molar-refractivity contribution in [3.63, 3.8) is 0 Å². The topological polar surface area (TPSA) is 85.8 Å². The van der Waals surface area contributed by atoms with E-state index in [0.29, 0.717) is 25.5 Å². The van der Waals surface area contributed by atoms with Crippen molar-refractivity contribution in [2.24, 2.45) is 0 Å². The minimum atomic E-state index is -0.344. The summed E-state index contributed by atoms with van der Waals surface area (Å²) in [6, 6.07) is 4.60. The maximum Gasteiger partial charge on any atom is 0.276 e. The van der Waals surface area contributed by atoms with Crippen LogP contribution in [0.1, 0.15) is 53.0 Å². The van der Waals surface area contributed by atoms with E-state index in [2.05, 4.69) is 5.16 Å². The summed E-state index contributed by atoms with van der Waals surface area (Å²) in [5, 5.41) is 3.87. The molecule has 3 rings (SSSR count). The molecule has 0 spiro atoms. The normalized spacial score (nSPS) is 18.1. The molecule has 0 saturated carbocycles. The number of aromatic nitrogens is 1. The highest BCUT2D eigenvalue weighted by Crippen LogP contribution is 2.20. The van der Waals surface area contributed by atoms with Crippen molar-refractivity contribution < 1.29 is 23.3 Å². The van der Waals surface area contributed by atoms with Gasteiger partial charge < -0.3 is 18.6 Å². The zero-order valence-electron chi connectivity index (χ0n) is 13.7. The first-order valence-corrected chi connectivity index (χ1v) is 7.98. The maximum atomic E-state index is 12.7. The minimum Gasteiger partial charge on any atom is -0.461 e. The lowest BCUT2D eigenvalue weighted by atomic mass is 10.1. The Morgan fingerprint density at radius 1 is 1.42 bits per heavy atom. The molecular formula is C17H20N2O5. The van der Waals surface area contributed by atoms with Crippen LogP contribution in [-0.4, -0.2) is 47.5 Å². The molecular weight excluding hydrogens is 312 g/mol. The molecule has 3 heterocycles. The van der Waals surface area contributed by atoms with E-state index in [1.165, 1.54) is 6.26 Å². The molecule has 2 aromatic rings. The Kier molecular flexibility index (Phi) is 4.80. The zero-order valence-corrected chi connectivity index (χ0v) is 13.7. The monoisotopic (exact) mass is 332 g/mol. The highest BCUT2D eigenvalue weighted by atomic mass is 16.5. The molecule has 7 nitrogen and oxygen atoms in total. The van der Waals surface area contributed by atoms with Gasteiger partial charge in [0.05, 0.1) is 25.5 Å². The van der Waals surface area contributed by atoms with Crippen LogP contribution in [-0.2, 0) is 4.74 Å². The molecule has 1 aliphatic rings. The number of Topliss-reactive ketones (excluding diaryl/α,β-unsaturated/α-hetero) is 1. The van der Waals surface area contributed by atoms with Crippen LogP contribution in [0, 0.1) is 0 Å². The van der Waals surface area contributed by atoms with Gasteiger partial charge in [-0.15, -0.1) is 0 Å². The largest absolute Gasteiger partial charge is 0.461 e. The van der Waals surface area contributed by atoms with Crippen molar-refractivity contribution in [1.82, 2.24) is 10.1 Å². The molecule has 1 atom stereocenters. The lowest BCUT2D eigenvalue weighted by Gasteiger charge is -2.34. The van der Waals surface area contributed by atoms with Crippen LogP contribution in [0.25, 0.3) is 0 Å². The van der Waals surface area contributed by atoms with Crippen molar-refractivity contribution >= 4 is 11.7 Å². The lowest BCUT2D eigenvalue weighted by molar-refractivity contribution is -0.00351. The molecule has 0 unspecified atom stereocenters. The zero-order chi connectivity index (χ0) is 17.1. The van der Waals surface area contributed by atoms with Crippen LogP contribution in [0.3, 0.4) is 0 Å². The molecule has 128 valence electrons. The van der Waals surface area contributed by atoms with Crippen LogP contribution in [0.15, 0.2) is 33.4 Å². The van der Waals surface area contributed by atoms with E-state index in [-0.39, 0.29) is 41.5 Å². The molecule has 0 bridgehead atoms. The molecule has 1 amide bonds. The SMILES string of the molecule is CC(C)c1cc(C(=O)N2CCOC[C@H]2CC(=O)c2ccco2)no1. The Labute approximate surface area is 139 Å². The summed E-state index contributed by atoms with van der Waals surface area (Å²) < 4.78 is 15.8. The van der Waals surface area contributed by atoms with Crippen molar-refractivity contribution in [2.75, 3.05) is 19.8 Å². The number of hydrogen-bond donors (Lipinski definition) is 0. The van der Waals surface area contributed by atoms with E-state index < -0.39 is 0 Å². The number of rotatable bonds is 5. The highest BCUT2D eigenvalue weighted by molar-refractivity contribution is 5.95. The van der Waals surface area contributed by atoms with E-state index >= 15 is 0 Å². The summed E-state index contributed by atoms with van der Waals surface area (Å²) in [5.74, 6) is 0.703. The molecule has 0 aromatic carbocycles. The van der Waals surface area contributed by atoms with E-state index in [1.54, 1.807) is 23.1 Å². The number of ketones is 1. The summed E-state index contributed by atoms with van der Waals surface area (Å²) in [7, 11) is 0. The van der Waals surface area contributed by atoms with Gasteiger partial charge in [0.15, 0.2) is 17.2 Å². The fraction of sp³-hybridized carbons (Fsp3) is 0.471. The quantitative estimate of drug-likeness (QED) is 0.782. The number of amides is 1. The summed E-state index contributed by atoms with van der Waals surface area (Å²) in [5.41, 5.74) is 0.260. The van der Waals surface area contributed by atoms with Gasteiger partial charge in [-0.3, -0.25) is 9.59 Å². The second-order valence-electron chi connectivity index (χ2n) is 6.10. The maximum absolute atomic E-state index is 12.7.